The lowest BCUT2D eigenvalue weighted by Crippen LogP contribution is -2.57. The van der Waals surface area contributed by atoms with Gasteiger partial charge in [-0.25, -0.2) is 9.50 Å². The molecule has 11 heteroatoms. The van der Waals surface area contributed by atoms with E-state index in [1.165, 1.54) is 5.56 Å². The number of hydrogen-bond donors (Lipinski definition) is 2. The summed E-state index contributed by atoms with van der Waals surface area (Å²) in [7, 11) is 0. The molecule has 3 aliphatic heterocycles. The Labute approximate surface area is 238 Å². The van der Waals surface area contributed by atoms with Gasteiger partial charge in [-0.2, -0.15) is 4.98 Å². The Hall–Kier alpha value is -3.99. The lowest BCUT2D eigenvalue weighted by atomic mass is 9.53. The number of benzene rings is 1. The van der Waals surface area contributed by atoms with Crippen LogP contribution in [0.25, 0.3) is 5.65 Å². The molecule has 4 aliphatic rings. The molecule has 4 atom stereocenters. The lowest BCUT2D eigenvalue weighted by Gasteiger charge is -2.48. The van der Waals surface area contributed by atoms with Gasteiger partial charge < -0.3 is 20.1 Å². The molecule has 4 aromatic rings. The molecule has 2 bridgehead atoms. The molecule has 1 aliphatic carbocycles. The molecule has 11 nitrogen and oxygen atoms in total. The molecule has 0 amide bonds. The Kier molecular flexibility index (Phi) is 5.39. The maximum Gasteiger partial charge on any atom is 0.315 e. The second kappa shape index (κ2) is 8.51. The van der Waals surface area contributed by atoms with Gasteiger partial charge in [0.05, 0.1) is 24.4 Å². The zero-order valence-corrected chi connectivity index (χ0v) is 24.1. The SMILES string of the molecule is Cc1cc(N2CC[C@](C)(c3ccccc3)C2)cn2nc(C34CC(C(=O)OC(C)(C)C)(CO3)C4c3nc(N)n[nH]3)nc12. The van der Waals surface area contributed by atoms with E-state index in [1.54, 1.807) is 0 Å². The molecule has 1 aromatic carbocycles. The number of ether oxygens (including phenoxy) is 2. The highest BCUT2D eigenvalue weighted by molar-refractivity contribution is 5.82. The van der Waals surface area contributed by atoms with Crippen LogP contribution in [0, 0.1) is 12.3 Å². The second-order valence-corrected chi connectivity index (χ2v) is 13.2. The fraction of sp³-hybridized carbons (Fsp3) is 0.500. The quantitative estimate of drug-likeness (QED) is 0.353. The number of rotatable bonds is 5. The average Bonchev–Trinajstić information content (AvgIpc) is 3.71. The third kappa shape index (κ3) is 3.85. The molecule has 3 aromatic heterocycles. The average molecular weight is 557 g/mol. The Bertz CT molecular complexity index is 1660. The van der Waals surface area contributed by atoms with Gasteiger partial charge in [0.15, 0.2) is 11.5 Å². The smallest absolute Gasteiger partial charge is 0.315 e. The van der Waals surface area contributed by atoms with Gasteiger partial charge >= 0.3 is 5.97 Å². The fourth-order valence-corrected chi connectivity index (χ4v) is 7.06. The number of aromatic nitrogens is 6. The van der Waals surface area contributed by atoms with Crippen LogP contribution in [0.5, 0.6) is 0 Å². The van der Waals surface area contributed by atoms with Gasteiger partial charge in [-0.3, -0.25) is 9.89 Å². The van der Waals surface area contributed by atoms with Gasteiger partial charge in [0, 0.05) is 24.9 Å². The van der Waals surface area contributed by atoms with E-state index in [1.807, 2.05) is 31.5 Å². The number of carbonyl (C=O) groups is 1. The summed E-state index contributed by atoms with van der Waals surface area (Å²) >= 11 is 0. The van der Waals surface area contributed by atoms with Crippen LogP contribution in [-0.4, -0.2) is 61.0 Å². The molecule has 4 fully saturated rings. The predicted octanol–water partition coefficient (Wildman–Crippen LogP) is 3.65. The minimum absolute atomic E-state index is 0.0807. The standard InChI is InChI=1S/C30H36N8O3/c1-18-13-20(37-12-11-28(5,16-37)19-9-7-6-8-10-19)14-38-23(18)33-24(36-38)30-15-29(17-40-30,25(39)41-27(2,3)4)21(30)22-32-26(31)35-34-22/h6-10,13-14,21H,11-12,15-17H2,1-5H3,(H3,31,32,34,35)/t21?,28-,29?,30?/m0/s1. The van der Waals surface area contributed by atoms with E-state index in [2.05, 4.69) is 70.3 Å². The third-order valence-corrected chi connectivity index (χ3v) is 9.07. The van der Waals surface area contributed by atoms with Gasteiger partial charge in [-0.1, -0.05) is 37.3 Å². The summed E-state index contributed by atoms with van der Waals surface area (Å²) in [6.07, 6.45) is 3.51. The zero-order valence-electron chi connectivity index (χ0n) is 24.1. The maximum absolute atomic E-state index is 13.5. The number of nitrogens with two attached hydrogens (primary N) is 1. The molecule has 214 valence electrons. The first-order valence-corrected chi connectivity index (χ1v) is 14.2. The van der Waals surface area contributed by atoms with Crippen molar-refractivity contribution >= 4 is 23.3 Å². The van der Waals surface area contributed by atoms with Crippen LogP contribution >= 0.6 is 0 Å². The molecular formula is C30H36N8O3. The summed E-state index contributed by atoms with van der Waals surface area (Å²) in [5.74, 6) is 0.278. The Morgan fingerprint density at radius 3 is 2.71 bits per heavy atom. The largest absolute Gasteiger partial charge is 0.459 e. The first-order chi connectivity index (χ1) is 19.4. The summed E-state index contributed by atoms with van der Waals surface area (Å²) in [5.41, 5.74) is 7.68. The molecule has 3 saturated heterocycles. The van der Waals surface area contributed by atoms with E-state index < -0.39 is 22.5 Å². The van der Waals surface area contributed by atoms with Crippen molar-refractivity contribution in [2.24, 2.45) is 5.41 Å². The minimum atomic E-state index is -0.943. The summed E-state index contributed by atoms with van der Waals surface area (Å²) < 4.78 is 14.1. The molecule has 6 heterocycles. The summed E-state index contributed by atoms with van der Waals surface area (Å²) in [6, 6.07) is 12.9. The maximum atomic E-state index is 13.5. The van der Waals surface area contributed by atoms with Crippen molar-refractivity contribution in [1.82, 2.24) is 29.8 Å². The Morgan fingerprint density at radius 1 is 1.22 bits per heavy atom. The number of esters is 1. The number of carbonyl (C=O) groups excluding carboxylic acids is 1. The molecule has 0 radical (unpaired) electrons. The monoisotopic (exact) mass is 556 g/mol. The number of nitrogens with zero attached hydrogens (tertiary/aromatic N) is 6. The van der Waals surface area contributed by atoms with E-state index in [0.717, 1.165) is 36.4 Å². The van der Waals surface area contributed by atoms with Gasteiger partial charge in [-0.05, 0) is 51.3 Å². The van der Waals surface area contributed by atoms with E-state index in [4.69, 9.17) is 25.3 Å². The van der Waals surface area contributed by atoms with Crippen molar-refractivity contribution in [1.29, 1.82) is 0 Å². The molecule has 8 rings (SSSR count). The molecule has 0 spiro atoms. The highest BCUT2D eigenvalue weighted by Gasteiger charge is 2.78. The number of pyridine rings is 1. The molecular weight excluding hydrogens is 520 g/mol. The van der Waals surface area contributed by atoms with Gasteiger partial charge in [0.2, 0.25) is 5.95 Å². The summed E-state index contributed by atoms with van der Waals surface area (Å²) in [6.45, 7) is 12.0. The molecule has 41 heavy (non-hydrogen) atoms. The number of nitrogen functional groups attached to an aromatic ring is 1. The van der Waals surface area contributed by atoms with Crippen LogP contribution in [0.3, 0.4) is 0 Å². The number of aryl methyl sites for hydroxylation is 1. The number of anilines is 2. The highest BCUT2D eigenvalue weighted by Crippen LogP contribution is 2.71. The first kappa shape index (κ1) is 25.9. The number of nitrogens with one attached hydrogen (secondary N) is 1. The van der Waals surface area contributed by atoms with Crippen molar-refractivity contribution in [3.05, 3.63) is 65.4 Å². The van der Waals surface area contributed by atoms with E-state index in [-0.39, 0.29) is 23.9 Å². The van der Waals surface area contributed by atoms with Crippen LogP contribution in [0.2, 0.25) is 0 Å². The Balaban J connectivity index is 1.23. The number of aromatic amines is 1. The van der Waals surface area contributed by atoms with Gasteiger partial charge in [0.25, 0.3) is 0 Å². The van der Waals surface area contributed by atoms with E-state index >= 15 is 0 Å². The topological polar surface area (TPSA) is 137 Å². The van der Waals surface area contributed by atoms with E-state index in [9.17, 15) is 4.79 Å². The molecule has 3 unspecified atom stereocenters. The Morgan fingerprint density at radius 2 is 2.00 bits per heavy atom. The van der Waals surface area contributed by atoms with Crippen LogP contribution in [0.1, 0.15) is 69.2 Å². The van der Waals surface area contributed by atoms with Crippen LogP contribution < -0.4 is 10.6 Å². The molecule has 1 saturated carbocycles. The van der Waals surface area contributed by atoms with Crippen LogP contribution in [-0.2, 0) is 25.3 Å². The van der Waals surface area contributed by atoms with Crippen LogP contribution in [0.15, 0.2) is 42.6 Å². The number of fused-ring (bicyclic) bond motifs is 2. The van der Waals surface area contributed by atoms with Crippen molar-refractivity contribution in [2.45, 2.75) is 70.0 Å². The summed E-state index contributed by atoms with van der Waals surface area (Å²) in [4.78, 5) is 25.3. The third-order valence-electron chi connectivity index (χ3n) is 9.07. The van der Waals surface area contributed by atoms with Crippen molar-refractivity contribution in [3.8, 4) is 0 Å². The lowest BCUT2D eigenvalue weighted by molar-refractivity contribution is -0.177. The number of hydrogen-bond acceptors (Lipinski definition) is 9. The fourth-order valence-electron chi connectivity index (χ4n) is 7.06. The summed E-state index contributed by atoms with van der Waals surface area (Å²) in [5, 5.41) is 11.9. The van der Waals surface area contributed by atoms with Crippen molar-refractivity contribution < 1.29 is 14.3 Å². The molecule has 3 N–H and O–H groups in total. The van der Waals surface area contributed by atoms with Gasteiger partial charge in [-0.15, -0.1) is 10.2 Å². The second-order valence-electron chi connectivity index (χ2n) is 13.2. The number of H-pyrrole nitrogens is 1. The zero-order chi connectivity index (χ0) is 28.8. The highest BCUT2D eigenvalue weighted by atomic mass is 16.6. The predicted molar refractivity (Wildman–Crippen MR) is 152 cm³/mol. The first-order valence-electron chi connectivity index (χ1n) is 14.2. The van der Waals surface area contributed by atoms with Crippen molar-refractivity contribution in [3.63, 3.8) is 0 Å². The van der Waals surface area contributed by atoms with Crippen LogP contribution in [0.4, 0.5) is 11.6 Å². The van der Waals surface area contributed by atoms with Crippen molar-refractivity contribution in [2.75, 3.05) is 30.3 Å². The normalized spacial score (nSPS) is 29.2. The minimum Gasteiger partial charge on any atom is -0.459 e. The van der Waals surface area contributed by atoms with Gasteiger partial charge in [0.1, 0.15) is 22.4 Å². The van der Waals surface area contributed by atoms with E-state index in [0.29, 0.717) is 18.1 Å².